The first-order chi connectivity index (χ1) is 11.8. The third-order valence-electron chi connectivity index (χ3n) is 4.08. The Morgan fingerprint density at radius 2 is 1.92 bits per heavy atom. The van der Waals surface area contributed by atoms with Gasteiger partial charge in [0.15, 0.2) is 0 Å². The van der Waals surface area contributed by atoms with Crippen LogP contribution in [0.5, 0.6) is 5.75 Å². The maximum atomic E-state index is 14.3. The van der Waals surface area contributed by atoms with Crippen molar-refractivity contribution in [3.63, 3.8) is 0 Å². The van der Waals surface area contributed by atoms with Crippen LogP contribution in [0.3, 0.4) is 0 Å². The van der Waals surface area contributed by atoms with Crippen LogP contribution in [-0.2, 0) is 19.3 Å². The van der Waals surface area contributed by atoms with Crippen LogP contribution in [0, 0.1) is 5.82 Å². The van der Waals surface area contributed by atoms with E-state index >= 15 is 0 Å². The number of rotatable bonds is 9. The van der Waals surface area contributed by atoms with Crippen LogP contribution < -0.4 is 4.74 Å². The van der Waals surface area contributed by atoms with Gasteiger partial charge < -0.3 is 14.2 Å². The maximum absolute atomic E-state index is 14.3. The molecule has 0 aliphatic heterocycles. The van der Waals surface area contributed by atoms with Crippen LogP contribution in [0.25, 0.3) is 0 Å². The fourth-order valence-corrected chi connectivity index (χ4v) is 3.52. The number of carbonyl (C=O) groups excluding carboxylic acids is 1. The molecule has 1 N–H and O–H groups in total. The Balaban J connectivity index is 3.14. The van der Waals surface area contributed by atoms with Gasteiger partial charge in [0.05, 0.1) is 13.2 Å². The van der Waals surface area contributed by atoms with Gasteiger partial charge >= 0.3 is 13.3 Å². The second-order valence-corrected chi connectivity index (χ2v) is 8.53. The largest absolute Gasteiger partial charge is 0.496 e. The van der Waals surface area contributed by atoms with Gasteiger partial charge in [-0.25, -0.2) is 4.39 Å². The number of hydrogen-bond acceptors (Lipinski definition) is 4. The summed E-state index contributed by atoms with van der Waals surface area (Å²) in [6.45, 7) is 5.82. The second kappa shape index (κ2) is 8.11. The van der Waals surface area contributed by atoms with Crippen molar-refractivity contribution in [3.05, 3.63) is 29.6 Å². The monoisotopic (exact) mass is 396 g/mol. The molecule has 0 spiro atoms. The Morgan fingerprint density at radius 3 is 2.42 bits per heavy atom. The molecular formula is C17H24F3O5P. The van der Waals surface area contributed by atoms with Crippen molar-refractivity contribution in [3.8, 4) is 5.75 Å². The summed E-state index contributed by atoms with van der Waals surface area (Å²) in [5.41, 5.74) is -5.65. The standard InChI is InChI=1S/C17H24F3O5P/c1-6-11(2)25-26(22,23)17(19,20)15(21)10-16(3,4)13-9-12(18)7-8-14(13)24-5/h7-9,11H,6,10H2,1-5H3,(H,22,23). The van der Waals surface area contributed by atoms with Crippen molar-refractivity contribution in [2.24, 2.45) is 0 Å². The van der Waals surface area contributed by atoms with Crippen LogP contribution in [0.1, 0.15) is 46.1 Å². The van der Waals surface area contributed by atoms with Crippen molar-refractivity contribution in [1.29, 1.82) is 0 Å². The van der Waals surface area contributed by atoms with E-state index in [1.165, 1.54) is 33.9 Å². The van der Waals surface area contributed by atoms with E-state index in [4.69, 9.17) is 4.74 Å². The van der Waals surface area contributed by atoms with Crippen molar-refractivity contribution in [2.75, 3.05) is 7.11 Å². The Bertz CT molecular complexity index is 706. The van der Waals surface area contributed by atoms with Crippen LogP contribution in [0.15, 0.2) is 18.2 Å². The number of Topliss-reactive ketones (excluding diaryl/α,β-unsaturated/α-hetero) is 1. The van der Waals surface area contributed by atoms with E-state index in [1.54, 1.807) is 6.92 Å². The summed E-state index contributed by atoms with van der Waals surface area (Å²) >= 11 is 0. The van der Waals surface area contributed by atoms with Crippen molar-refractivity contribution in [2.45, 2.75) is 57.7 Å². The van der Waals surface area contributed by atoms with Crippen LogP contribution >= 0.6 is 7.60 Å². The summed E-state index contributed by atoms with van der Waals surface area (Å²) in [5.74, 6) is -2.17. The van der Waals surface area contributed by atoms with E-state index in [0.717, 1.165) is 12.1 Å². The van der Waals surface area contributed by atoms with Gasteiger partial charge in [-0.2, -0.15) is 8.78 Å². The molecule has 0 saturated heterocycles. The summed E-state index contributed by atoms with van der Waals surface area (Å²) in [7, 11) is -4.19. The molecule has 0 fully saturated rings. The zero-order valence-corrected chi connectivity index (χ0v) is 16.3. The van der Waals surface area contributed by atoms with E-state index in [9.17, 15) is 27.4 Å². The van der Waals surface area contributed by atoms with Gasteiger partial charge in [-0.1, -0.05) is 20.8 Å². The topological polar surface area (TPSA) is 72.8 Å². The number of ether oxygens (including phenoxy) is 1. The number of alkyl halides is 2. The molecule has 2 unspecified atom stereocenters. The highest BCUT2D eigenvalue weighted by molar-refractivity contribution is 7.55. The molecule has 0 heterocycles. The molecule has 1 rings (SSSR count). The van der Waals surface area contributed by atoms with Crippen molar-refractivity contribution in [1.82, 2.24) is 0 Å². The summed E-state index contributed by atoms with van der Waals surface area (Å²) < 4.78 is 63.7. The molecule has 5 nitrogen and oxygen atoms in total. The van der Waals surface area contributed by atoms with Gasteiger partial charge in [-0.3, -0.25) is 9.36 Å². The average Bonchev–Trinajstić information content (AvgIpc) is 2.53. The Kier molecular flexibility index (Phi) is 7.07. The van der Waals surface area contributed by atoms with E-state index in [-0.39, 0.29) is 17.7 Å². The number of methoxy groups -OCH3 is 1. The van der Waals surface area contributed by atoms with E-state index < -0.39 is 42.8 Å². The first kappa shape index (κ1) is 22.7. The van der Waals surface area contributed by atoms with Crippen LogP contribution in [0.4, 0.5) is 13.2 Å². The molecular weight excluding hydrogens is 372 g/mol. The lowest BCUT2D eigenvalue weighted by Gasteiger charge is -2.29. The molecule has 0 aliphatic rings. The molecule has 1 aromatic carbocycles. The molecule has 26 heavy (non-hydrogen) atoms. The zero-order valence-electron chi connectivity index (χ0n) is 15.4. The summed E-state index contributed by atoms with van der Waals surface area (Å²) in [6.07, 6.45) is -1.50. The van der Waals surface area contributed by atoms with Crippen molar-refractivity contribution < 1.29 is 36.7 Å². The van der Waals surface area contributed by atoms with Gasteiger partial charge in [-0.15, -0.1) is 0 Å². The Morgan fingerprint density at radius 1 is 1.35 bits per heavy atom. The second-order valence-electron chi connectivity index (χ2n) is 6.71. The van der Waals surface area contributed by atoms with Gasteiger partial charge in [0.2, 0.25) is 5.78 Å². The minimum atomic E-state index is -5.52. The number of carbonyl (C=O) groups is 1. The molecule has 1 aromatic rings. The Hall–Kier alpha value is -1.37. The van der Waals surface area contributed by atoms with Crippen LogP contribution in [0.2, 0.25) is 0 Å². The smallest absolute Gasteiger partial charge is 0.405 e. The molecule has 0 amide bonds. The fraction of sp³-hybridized carbons (Fsp3) is 0.588. The highest BCUT2D eigenvalue weighted by Crippen LogP contribution is 2.59. The van der Waals surface area contributed by atoms with Gasteiger partial charge in [0.25, 0.3) is 0 Å². The number of hydrogen-bond donors (Lipinski definition) is 1. The third-order valence-corrected chi connectivity index (χ3v) is 5.69. The van der Waals surface area contributed by atoms with Crippen LogP contribution in [-0.4, -0.2) is 29.6 Å². The highest BCUT2D eigenvalue weighted by Gasteiger charge is 2.58. The predicted octanol–water partition coefficient (Wildman–Crippen LogP) is 4.66. The minimum absolute atomic E-state index is 0.194. The van der Waals surface area contributed by atoms with Gasteiger partial charge in [-0.05, 0) is 31.5 Å². The summed E-state index contributed by atoms with van der Waals surface area (Å²) in [4.78, 5) is 21.8. The molecule has 0 aliphatic carbocycles. The quantitative estimate of drug-likeness (QED) is 0.615. The molecule has 0 saturated carbocycles. The minimum Gasteiger partial charge on any atom is -0.496 e. The molecule has 0 radical (unpaired) electrons. The molecule has 9 heteroatoms. The first-order valence-electron chi connectivity index (χ1n) is 8.05. The van der Waals surface area contributed by atoms with E-state index in [2.05, 4.69) is 4.52 Å². The molecule has 0 aromatic heterocycles. The Labute approximate surface area is 151 Å². The first-order valence-corrected chi connectivity index (χ1v) is 9.62. The molecule has 0 bridgehead atoms. The highest BCUT2D eigenvalue weighted by atomic mass is 31.2. The van der Waals surface area contributed by atoms with Crippen molar-refractivity contribution >= 4 is 13.4 Å². The summed E-state index contributed by atoms with van der Waals surface area (Å²) in [6, 6.07) is 3.53. The number of ketones is 1. The van der Waals surface area contributed by atoms with Gasteiger partial charge in [0, 0.05) is 17.4 Å². The predicted molar refractivity (Wildman–Crippen MR) is 91.2 cm³/mol. The maximum Gasteiger partial charge on any atom is 0.405 e. The SMILES string of the molecule is CCC(C)OP(=O)(O)C(F)(F)C(=O)CC(C)(C)c1cc(F)ccc1OC. The third kappa shape index (κ3) is 4.87. The number of halogens is 3. The lowest BCUT2D eigenvalue weighted by atomic mass is 9.79. The van der Waals surface area contributed by atoms with E-state index in [0.29, 0.717) is 0 Å². The molecule has 2 atom stereocenters. The average molecular weight is 396 g/mol. The lowest BCUT2D eigenvalue weighted by molar-refractivity contribution is -0.136. The van der Waals surface area contributed by atoms with E-state index in [1.807, 2.05) is 0 Å². The zero-order chi connectivity index (χ0) is 20.3. The fourth-order valence-electron chi connectivity index (χ4n) is 2.35. The van der Waals surface area contributed by atoms with Gasteiger partial charge in [0.1, 0.15) is 11.6 Å². The molecule has 148 valence electrons. The summed E-state index contributed by atoms with van der Waals surface area (Å²) in [5, 5.41) is 0. The number of benzene rings is 1. The lowest BCUT2D eigenvalue weighted by Crippen LogP contribution is -2.35. The normalized spacial score (nSPS) is 16.0.